The molecule has 0 amide bonds. The van der Waals surface area contributed by atoms with Crippen LogP contribution in [-0.4, -0.2) is 22.9 Å². The second-order valence-electron chi connectivity index (χ2n) is 6.78. The first-order valence-corrected chi connectivity index (χ1v) is 9.17. The van der Waals surface area contributed by atoms with Gasteiger partial charge in [-0.15, -0.1) is 0 Å². The number of aliphatic carboxylic acids is 1. The van der Waals surface area contributed by atoms with Crippen LogP contribution in [0, 0.1) is 0 Å². The van der Waals surface area contributed by atoms with Gasteiger partial charge in [0.05, 0.1) is 5.92 Å². The Morgan fingerprint density at radius 1 is 0.962 bits per heavy atom. The number of carbonyl (C=O) groups excluding carboxylic acids is 1. The second-order valence-corrected chi connectivity index (χ2v) is 6.78. The Morgan fingerprint density at radius 3 is 2.12 bits per heavy atom. The minimum atomic E-state index is -0.899. The number of hydrogen-bond donors (Lipinski definition) is 2. The van der Waals surface area contributed by atoms with Crippen LogP contribution in [-0.2, 0) is 4.79 Å². The van der Waals surface area contributed by atoms with E-state index in [2.05, 4.69) is 0 Å². The molecule has 0 heterocycles. The highest BCUT2D eigenvalue weighted by molar-refractivity contribution is 6.09. The Kier molecular flexibility index (Phi) is 7.54. The summed E-state index contributed by atoms with van der Waals surface area (Å²) >= 11 is 0. The van der Waals surface area contributed by atoms with E-state index in [0.717, 1.165) is 0 Å². The molecule has 1 fully saturated rings. The number of carbonyl (C=O) groups is 2. The first-order valence-electron chi connectivity index (χ1n) is 9.17. The zero-order chi connectivity index (χ0) is 18.9. The average Bonchev–Trinajstić information content (AvgIpc) is 2.68. The summed E-state index contributed by atoms with van der Waals surface area (Å²) in [4.78, 5) is 23.2. The van der Waals surface area contributed by atoms with Crippen LogP contribution in [0.3, 0.4) is 0 Å². The highest BCUT2D eigenvalue weighted by Gasteiger charge is 2.16. The van der Waals surface area contributed by atoms with E-state index < -0.39 is 11.9 Å². The molecule has 2 aromatic carbocycles. The van der Waals surface area contributed by atoms with Gasteiger partial charge in [-0.25, -0.2) is 0 Å². The summed E-state index contributed by atoms with van der Waals surface area (Å²) < 4.78 is 0. The minimum absolute atomic E-state index is 0.0972. The van der Waals surface area contributed by atoms with Crippen LogP contribution in [0.5, 0.6) is 0 Å². The maximum absolute atomic E-state index is 12.2. The summed E-state index contributed by atoms with van der Waals surface area (Å²) in [6.07, 6.45) is 6.66. The smallest absolute Gasteiger partial charge is 0.310 e. The van der Waals surface area contributed by atoms with Crippen LogP contribution in [0.4, 0.5) is 0 Å². The molecule has 0 saturated heterocycles. The Hall–Kier alpha value is -2.46. The summed E-state index contributed by atoms with van der Waals surface area (Å²) in [6, 6.07) is 16.3. The van der Waals surface area contributed by atoms with Gasteiger partial charge >= 0.3 is 5.97 Å². The fraction of sp³-hybridized carbons (Fsp3) is 0.364. The predicted octanol–water partition coefficient (Wildman–Crippen LogP) is 4.38. The van der Waals surface area contributed by atoms with Gasteiger partial charge < -0.3 is 10.8 Å². The standard InChI is InChI=1S/C16H14O3.C6H13N/c1-11(16(18)19)13-8-5-9-14(10-13)15(17)12-6-3-2-4-7-12;7-6-4-2-1-3-5-6/h2-11H,1H3,(H,18,19);6H,1-5,7H2. The molecule has 4 nitrogen and oxygen atoms in total. The summed E-state index contributed by atoms with van der Waals surface area (Å²) in [6.45, 7) is 1.61. The van der Waals surface area contributed by atoms with Crippen molar-refractivity contribution in [3.63, 3.8) is 0 Å². The summed E-state index contributed by atoms with van der Waals surface area (Å²) in [5.41, 5.74) is 7.38. The lowest BCUT2D eigenvalue weighted by molar-refractivity contribution is -0.138. The maximum atomic E-state index is 12.2. The molecule has 3 N–H and O–H groups in total. The molecule has 0 spiro atoms. The largest absolute Gasteiger partial charge is 0.481 e. The van der Waals surface area contributed by atoms with E-state index >= 15 is 0 Å². The van der Waals surface area contributed by atoms with E-state index in [1.807, 2.05) is 6.07 Å². The van der Waals surface area contributed by atoms with Crippen molar-refractivity contribution in [2.45, 2.75) is 51.0 Å². The van der Waals surface area contributed by atoms with Gasteiger partial charge in [-0.05, 0) is 31.4 Å². The van der Waals surface area contributed by atoms with E-state index in [-0.39, 0.29) is 5.78 Å². The molecule has 1 atom stereocenters. The number of hydrogen-bond acceptors (Lipinski definition) is 3. The van der Waals surface area contributed by atoms with E-state index in [4.69, 9.17) is 10.8 Å². The fourth-order valence-electron chi connectivity index (χ4n) is 2.98. The fourth-order valence-corrected chi connectivity index (χ4v) is 2.98. The maximum Gasteiger partial charge on any atom is 0.310 e. The van der Waals surface area contributed by atoms with Crippen LogP contribution >= 0.6 is 0 Å². The van der Waals surface area contributed by atoms with Gasteiger partial charge in [-0.1, -0.05) is 67.8 Å². The minimum Gasteiger partial charge on any atom is -0.481 e. The van der Waals surface area contributed by atoms with Crippen molar-refractivity contribution in [2.75, 3.05) is 0 Å². The lowest BCUT2D eigenvalue weighted by Gasteiger charge is -2.15. The Bertz CT molecular complexity index is 721. The van der Waals surface area contributed by atoms with Crippen LogP contribution in [0.25, 0.3) is 0 Å². The summed E-state index contributed by atoms with van der Waals surface area (Å²) in [7, 11) is 0. The highest BCUT2D eigenvalue weighted by Crippen LogP contribution is 2.19. The van der Waals surface area contributed by atoms with Crippen molar-refractivity contribution >= 4 is 11.8 Å². The van der Waals surface area contributed by atoms with Crippen LogP contribution in [0.2, 0.25) is 0 Å². The molecule has 4 heteroatoms. The number of ketones is 1. The third kappa shape index (κ3) is 5.81. The van der Waals surface area contributed by atoms with E-state index in [9.17, 15) is 9.59 Å². The normalized spacial score (nSPS) is 15.5. The van der Waals surface area contributed by atoms with Crippen LogP contribution in [0.15, 0.2) is 54.6 Å². The lowest BCUT2D eigenvalue weighted by atomic mass is 9.96. The molecule has 2 aromatic rings. The molecule has 3 rings (SSSR count). The molecule has 1 aliphatic rings. The summed E-state index contributed by atoms with van der Waals surface area (Å²) in [5, 5.41) is 9.00. The molecule has 1 aliphatic carbocycles. The van der Waals surface area contributed by atoms with Gasteiger partial charge in [0.2, 0.25) is 0 Å². The molecular weight excluding hydrogens is 326 g/mol. The zero-order valence-electron chi connectivity index (χ0n) is 15.2. The number of carboxylic acids is 1. The zero-order valence-corrected chi connectivity index (χ0v) is 15.2. The Balaban J connectivity index is 0.000000290. The molecule has 1 saturated carbocycles. The van der Waals surface area contributed by atoms with Crippen LogP contribution in [0.1, 0.15) is 66.4 Å². The monoisotopic (exact) mass is 353 g/mol. The van der Waals surface area contributed by atoms with Gasteiger partial charge in [0, 0.05) is 17.2 Å². The number of nitrogens with two attached hydrogens (primary N) is 1. The van der Waals surface area contributed by atoms with Crippen molar-refractivity contribution < 1.29 is 14.7 Å². The molecular formula is C22H27NO3. The molecule has 0 aromatic heterocycles. The van der Waals surface area contributed by atoms with Gasteiger partial charge in [0.1, 0.15) is 0 Å². The average molecular weight is 353 g/mol. The first-order chi connectivity index (χ1) is 12.5. The molecule has 0 radical (unpaired) electrons. The molecule has 1 unspecified atom stereocenters. The first kappa shape index (κ1) is 19.9. The Labute approximate surface area is 155 Å². The highest BCUT2D eigenvalue weighted by atomic mass is 16.4. The lowest BCUT2D eigenvalue weighted by Crippen LogP contribution is -2.22. The summed E-state index contributed by atoms with van der Waals surface area (Å²) in [5.74, 6) is -1.62. The van der Waals surface area contributed by atoms with E-state index in [1.165, 1.54) is 32.1 Å². The van der Waals surface area contributed by atoms with Gasteiger partial charge in [-0.3, -0.25) is 9.59 Å². The number of carboxylic acid groups (broad SMARTS) is 1. The van der Waals surface area contributed by atoms with Crippen molar-refractivity contribution in [1.29, 1.82) is 0 Å². The van der Waals surface area contributed by atoms with E-state index in [1.54, 1.807) is 55.5 Å². The number of rotatable bonds is 4. The van der Waals surface area contributed by atoms with Gasteiger partial charge in [0.25, 0.3) is 0 Å². The molecule has 0 aliphatic heterocycles. The predicted molar refractivity (Wildman–Crippen MR) is 103 cm³/mol. The van der Waals surface area contributed by atoms with Crippen molar-refractivity contribution in [3.05, 3.63) is 71.3 Å². The molecule has 138 valence electrons. The Morgan fingerprint density at radius 2 is 1.58 bits per heavy atom. The third-order valence-corrected chi connectivity index (χ3v) is 4.71. The number of benzene rings is 2. The van der Waals surface area contributed by atoms with Crippen LogP contribution < -0.4 is 5.73 Å². The van der Waals surface area contributed by atoms with Crippen molar-refractivity contribution in [1.82, 2.24) is 0 Å². The third-order valence-electron chi connectivity index (χ3n) is 4.71. The van der Waals surface area contributed by atoms with Gasteiger partial charge in [0.15, 0.2) is 5.78 Å². The van der Waals surface area contributed by atoms with Crippen molar-refractivity contribution in [2.24, 2.45) is 5.73 Å². The van der Waals surface area contributed by atoms with Gasteiger partial charge in [-0.2, -0.15) is 0 Å². The van der Waals surface area contributed by atoms with E-state index in [0.29, 0.717) is 22.7 Å². The SMILES string of the molecule is CC(C(=O)O)c1cccc(C(=O)c2ccccc2)c1.NC1CCCCC1. The molecule has 26 heavy (non-hydrogen) atoms. The van der Waals surface area contributed by atoms with Crippen molar-refractivity contribution in [3.8, 4) is 0 Å². The quantitative estimate of drug-likeness (QED) is 0.799. The topological polar surface area (TPSA) is 80.4 Å². The second kappa shape index (κ2) is 9.88. The molecule has 0 bridgehead atoms.